The molecule has 2 rings (SSSR count). The molecule has 2 aromatic heterocycles. The molecule has 0 radical (unpaired) electrons. The molecule has 17 heavy (non-hydrogen) atoms. The predicted octanol–water partition coefficient (Wildman–Crippen LogP) is 0.931. The number of rotatable bonds is 3. The van der Waals surface area contributed by atoms with Crippen LogP contribution in [0.15, 0.2) is 18.3 Å². The molecule has 0 aliphatic rings. The van der Waals surface area contributed by atoms with Gasteiger partial charge >= 0.3 is 5.97 Å². The zero-order valence-corrected chi connectivity index (χ0v) is 9.93. The Balaban J connectivity index is 2.71. The van der Waals surface area contributed by atoms with Gasteiger partial charge in [-0.15, -0.1) is 0 Å². The summed E-state index contributed by atoms with van der Waals surface area (Å²) in [7, 11) is 1.36. The second-order valence-corrected chi connectivity index (χ2v) is 3.82. The Morgan fingerprint density at radius 2 is 2.35 bits per heavy atom. The molecule has 2 aromatic rings. The number of ether oxygens (including phenoxy) is 1. The second kappa shape index (κ2) is 4.55. The van der Waals surface area contributed by atoms with Crippen LogP contribution >= 0.6 is 0 Å². The van der Waals surface area contributed by atoms with Crippen LogP contribution in [0.4, 0.5) is 0 Å². The van der Waals surface area contributed by atoms with Crippen molar-refractivity contribution in [2.75, 3.05) is 13.7 Å². The molecule has 2 heterocycles. The minimum absolute atomic E-state index is 0.356. The summed E-state index contributed by atoms with van der Waals surface area (Å²) in [6, 6.07) is 3.86. The molecule has 0 amide bonds. The molecule has 0 unspecified atom stereocenters. The van der Waals surface area contributed by atoms with E-state index in [1.54, 1.807) is 0 Å². The molecule has 0 saturated heterocycles. The fraction of sp³-hybridized carbons (Fsp3) is 0.333. The minimum Gasteiger partial charge on any atom is -0.464 e. The maximum Gasteiger partial charge on any atom is 0.358 e. The van der Waals surface area contributed by atoms with E-state index in [4.69, 9.17) is 10.5 Å². The monoisotopic (exact) mass is 233 g/mol. The molecule has 90 valence electrons. The van der Waals surface area contributed by atoms with E-state index in [0.29, 0.717) is 18.7 Å². The lowest BCUT2D eigenvalue weighted by atomic mass is 10.2. The number of methoxy groups -OCH3 is 1. The molecule has 0 atom stereocenters. The van der Waals surface area contributed by atoms with Gasteiger partial charge in [0.15, 0.2) is 5.69 Å². The van der Waals surface area contributed by atoms with E-state index in [-0.39, 0.29) is 0 Å². The summed E-state index contributed by atoms with van der Waals surface area (Å²) < 4.78 is 6.64. The second-order valence-electron chi connectivity index (χ2n) is 3.82. The molecule has 0 aliphatic carbocycles. The van der Waals surface area contributed by atoms with Crippen LogP contribution in [-0.2, 0) is 11.2 Å². The fourth-order valence-electron chi connectivity index (χ4n) is 1.91. The summed E-state index contributed by atoms with van der Waals surface area (Å²) in [5.74, 6) is 0.367. The van der Waals surface area contributed by atoms with Crippen LogP contribution in [0.1, 0.15) is 21.9 Å². The van der Waals surface area contributed by atoms with Crippen molar-refractivity contribution in [1.29, 1.82) is 0 Å². The molecule has 0 aromatic carbocycles. The molecule has 0 aliphatic heterocycles. The van der Waals surface area contributed by atoms with Crippen LogP contribution in [0.25, 0.3) is 5.52 Å². The van der Waals surface area contributed by atoms with E-state index in [2.05, 4.69) is 4.98 Å². The summed E-state index contributed by atoms with van der Waals surface area (Å²) in [6.45, 7) is 2.43. The Bertz CT molecular complexity index is 560. The van der Waals surface area contributed by atoms with Gasteiger partial charge in [0.2, 0.25) is 0 Å². The van der Waals surface area contributed by atoms with Crippen molar-refractivity contribution in [3.05, 3.63) is 35.4 Å². The third kappa shape index (κ3) is 1.89. The smallest absolute Gasteiger partial charge is 0.358 e. The number of nitrogens with zero attached hydrogens (tertiary/aromatic N) is 2. The first kappa shape index (κ1) is 11.6. The van der Waals surface area contributed by atoms with Crippen molar-refractivity contribution in [2.24, 2.45) is 5.73 Å². The zero-order chi connectivity index (χ0) is 12.4. The van der Waals surface area contributed by atoms with Crippen LogP contribution in [0.5, 0.6) is 0 Å². The Kier molecular flexibility index (Phi) is 3.10. The first-order valence-electron chi connectivity index (χ1n) is 5.44. The van der Waals surface area contributed by atoms with Gasteiger partial charge in [0.1, 0.15) is 5.82 Å². The Morgan fingerprint density at radius 1 is 1.59 bits per heavy atom. The van der Waals surface area contributed by atoms with E-state index in [0.717, 1.165) is 16.9 Å². The predicted molar refractivity (Wildman–Crippen MR) is 64.0 cm³/mol. The fourth-order valence-corrected chi connectivity index (χ4v) is 1.91. The first-order chi connectivity index (χ1) is 8.19. The molecule has 2 N–H and O–H groups in total. The average molecular weight is 233 g/mol. The lowest BCUT2D eigenvalue weighted by Gasteiger charge is -2.01. The minimum atomic E-state index is -0.417. The Morgan fingerprint density at radius 3 is 3.00 bits per heavy atom. The number of pyridine rings is 1. The van der Waals surface area contributed by atoms with Gasteiger partial charge in [0.05, 0.1) is 12.6 Å². The Labute approximate surface area is 99.2 Å². The normalized spacial score (nSPS) is 10.8. The number of aryl methyl sites for hydroxylation is 1. The van der Waals surface area contributed by atoms with Crippen LogP contribution in [0, 0.1) is 6.92 Å². The topological polar surface area (TPSA) is 69.6 Å². The van der Waals surface area contributed by atoms with Gasteiger partial charge in [-0.1, -0.05) is 6.07 Å². The van der Waals surface area contributed by atoms with Crippen LogP contribution in [0.3, 0.4) is 0 Å². The first-order valence-corrected chi connectivity index (χ1v) is 5.44. The van der Waals surface area contributed by atoms with Gasteiger partial charge in [-0.2, -0.15) is 0 Å². The molecule has 0 bridgehead atoms. The summed E-state index contributed by atoms with van der Waals surface area (Å²) >= 11 is 0. The van der Waals surface area contributed by atoms with E-state index >= 15 is 0 Å². The van der Waals surface area contributed by atoms with Crippen molar-refractivity contribution in [3.63, 3.8) is 0 Å². The maximum atomic E-state index is 11.7. The highest BCUT2D eigenvalue weighted by atomic mass is 16.5. The number of nitrogens with two attached hydrogens (primary N) is 1. The highest BCUT2D eigenvalue weighted by Crippen LogP contribution is 2.18. The summed E-state index contributed by atoms with van der Waals surface area (Å²) in [5, 5.41) is 0. The molecule has 0 fully saturated rings. The highest BCUT2D eigenvalue weighted by molar-refractivity contribution is 5.96. The van der Waals surface area contributed by atoms with Gasteiger partial charge in [0.25, 0.3) is 0 Å². The van der Waals surface area contributed by atoms with Crippen molar-refractivity contribution in [1.82, 2.24) is 9.38 Å². The molecule has 5 heteroatoms. The molecule has 0 saturated carbocycles. The molecular formula is C12H15N3O2. The number of aromatic nitrogens is 2. The van der Waals surface area contributed by atoms with Crippen LogP contribution < -0.4 is 5.73 Å². The summed E-state index contributed by atoms with van der Waals surface area (Å²) in [4.78, 5) is 16.0. The van der Waals surface area contributed by atoms with Crippen molar-refractivity contribution in [2.45, 2.75) is 13.3 Å². The third-order valence-corrected chi connectivity index (χ3v) is 2.69. The number of imidazole rings is 1. The van der Waals surface area contributed by atoms with E-state index in [1.807, 2.05) is 29.7 Å². The molecule has 5 nitrogen and oxygen atoms in total. The van der Waals surface area contributed by atoms with Crippen LogP contribution in [0.2, 0.25) is 0 Å². The van der Waals surface area contributed by atoms with Gasteiger partial charge in [0, 0.05) is 12.6 Å². The quantitative estimate of drug-likeness (QED) is 0.801. The zero-order valence-electron chi connectivity index (χ0n) is 9.93. The molecule has 0 spiro atoms. The number of esters is 1. The average Bonchev–Trinajstić information content (AvgIpc) is 2.69. The van der Waals surface area contributed by atoms with E-state index in [1.165, 1.54) is 7.11 Å². The number of hydrogen-bond acceptors (Lipinski definition) is 4. The van der Waals surface area contributed by atoms with Crippen LogP contribution in [-0.4, -0.2) is 29.0 Å². The van der Waals surface area contributed by atoms with Gasteiger partial charge in [-0.05, 0) is 25.1 Å². The summed E-state index contributed by atoms with van der Waals surface area (Å²) in [5.41, 5.74) is 7.68. The van der Waals surface area contributed by atoms with E-state index < -0.39 is 5.97 Å². The standard InChI is InChI=1S/C12H15N3O2/c1-8-4-3-7-15-9(5-6-13)14-10(11(8)15)12(16)17-2/h3-4,7H,5-6,13H2,1-2H3. The van der Waals surface area contributed by atoms with E-state index in [9.17, 15) is 4.79 Å². The van der Waals surface area contributed by atoms with Crippen molar-refractivity contribution < 1.29 is 9.53 Å². The number of carbonyl (C=O) groups is 1. The SMILES string of the molecule is COC(=O)c1nc(CCN)n2cccc(C)c12. The largest absolute Gasteiger partial charge is 0.464 e. The lowest BCUT2D eigenvalue weighted by molar-refractivity contribution is 0.0596. The molecular weight excluding hydrogens is 218 g/mol. The van der Waals surface area contributed by atoms with Crippen molar-refractivity contribution >= 4 is 11.5 Å². The Hall–Kier alpha value is -1.88. The number of hydrogen-bond donors (Lipinski definition) is 1. The van der Waals surface area contributed by atoms with Gasteiger partial charge < -0.3 is 14.9 Å². The number of fused-ring (bicyclic) bond motifs is 1. The third-order valence-electron chi connectivity index (χ3n) is 2.69. The van der Waals surface area contributed by atoms with Gasteiger partial charge in [-0.25, -0.2) is 9.78 Å². The highest BCUT2D eigenvalue weighted by Gasteiger charge is 2.18. The van der Waals surface area contributed by atoms with Crippen molar-refractivity contribution in [3.8, 4) is 0 Å². The lowest BCUT2D eigenvalue weighted by Crippen LogP contribution is -2.06. The maximum absolute atomic E-state index is 11.7. The number of carbonyl (C=O) groups excluding carboxylic acids is 1. The van der Waals surface area contributed by atoms with Gasteiger partial charge in [-0.3, -0.25) is 0 Å². The summed E-state index contributed by atoms with van der Waals surface area (Å²) in [6.07, 6.45) is 2.51.